The number of nitrogens with one attached hydrogen (secondary N) is 2. The molecule has 1 aliphatic carbocycles. The van der Waals surface area contributed by atoms with E-state index in [1.165, 1.54) is 32.1 Å². The molecule has 0 aromatic heterocycles. The van der Waals surface area contributed by atoms with Gasteiger partial charge in [-0.2, -0.15) is 0 Å². The number of ether oxygens (including phenoxy) is 1. The highest BCUT2D eigenvalue weighted by atomic mass is 32.1. The molecular weight excluding hydrogens is 332 g/mol. The Morgan fingerprint density at radius 2 is 1.88 bits per heavy atom. The summed E-state index contributed by atoms with van der Waals surface area (Å²) in [6.45, 7) is 4.93. The Kier molecular flexibility index (Phi) is 8.19. The van der Waals surface area contributed by atoms with Gasteiger partial charge in [0.2, 0.25) is 5.91 Å². The van der Waals surface area contributed by atoms with E-state index in [-0.39, 0.29) is 5.91 Å². The SMILES string of the molecule is CC(C)COc1ccc(NC(=S)NC(=O)CCC2CCCCC2)cc1. The molecule has 0 saturated heterocycles. The monoisotopic (exact) mass is 362 g/mol. The van der Waals surface area contributed by atoms with Gasteiger partial charge in [-0.1, -0.05) is 46.0 Å². The van der Waals surface area contributed by atoms with Crippen LogP contribution < -0.4 is 15.4 Å². The normalized spacial score (nSPS) is 15.0. The van der Waals surface area contributed by atoms with Crippen molar-refractivity contribution in [1.82, 2.24) is 5.32 Å². The van der Waals surface area contributed by atoms with Crippen LogP contribution in [0.5, 0.6) is 5.75 Å². The molecule has 1 fully saturated rings. The van der Waals surface area contributed by atoms with E-state index in [0.717, 1.165) is 17.9 Å². The van der Waals surface area contributed by atoms with E-state index in [4.69, 9.17) is 17.0 Å². The summed E-state index contributed by atoms with van der Waals surface area (Å²) in [7, 11) is 0. The number of carbonyl (C=O) groups is 1. The molecule has 25 heavy (non-hydrogen) atoms. The van der Waals surface area contributed by atoms with Crippen LogP contribution in [-0.4, -0.2) is 17.6 Å². The molecular formula is C20H30N2O2S. The van der Waals surface area contributed by atoms with Crippen molar-refractivity contribution in [2.24, 2.45) is 11.8 Å². The number of rotatable bonds is 7. The number of anilines is 1. The molecule has 1 aliphatic rings. The first-order chi connectivity index (χ1) is 12.0. The fraction of sp³-hybridized carbons (Fsp3) is 0.600. The molecule has 1 aromatic rings. The number of benzene rings is 1. The average Bonchev–Trinajstić information content (AvgIpc) is 2.60. The summed E-state index contributed by atoms with van der Waals surface area (Å²) in [5.74, 6) is 2.04. The predicted octanol–water partition coefficient (Wildman–Crippen LogP) is 4.89. The first-order valence-corrected chi connectivity index (χ1v) is 9.77. The Labute approximate surface area is 156 Å². The molecule has 1 saturated carbocycles. The molecule has 1 aromatic carbocycles. The summed E-state index contributed by atoms with van der Waals surface area (Å²) in [6, 6.07) is 7.60. The van der Waals surface area contributed by atoms with Gasteiger partial charge in [0, 0.05) is 12.1 Å². The molecule has 1 amide bonds. The van der Waals surface area contributed by atoms with Gasteiger partial charge in [0.15, 0.2) is 5.11 Å². The van der Waals surface area contributed by atoms with Crippen LogP contribution in [-0.2, 0) is 4.79 Å². The first-order valence-electron chi connectivity index (χ1n) is 9.36. The van der Waals surface area contributed by atoms with E-state index in [1.807, 2.05) is 24.3 Å². The van der Waals surface area contributed by atoms with Crippen LogP contribution in [0.2, 0.25) is 0 Å². The Morgan fingerprint density at radius 3 is 2.52 bits per heavy atom. The summed E-state index contributed by atoms with van der Waals surface area (Å²) >= 11 is 5.23. The molecule has 0 radical (unpaired) electrons. The number of amides is 1. The van der Waals surface area contributed by atoms with Crippen molar-refractivity contribution in [3.63, 3.8) is 0 Å². The highest BCUT2D eigenvalue weighted by Gasteiger charge is 2.15. The highest BCUT2D eigenvalue weighted by molar-refractivity contribution is 7.80. The molecule has 0 unspecified atom stereocenters. The van der Waals surface area contributed by atoms with Gasteiger partial charge >= 0.3 is 0 Å². The van der Waals surface area contributed by atoms with Crippen LogP contribution in [0.1, 0.15) is 58.8 Å². The number of thiocarbonyl (C=S) groups is 1. The van der Waals surface area contributed by atoms with Crippen molar-refractivity contribution in [2.45, 2.75) is 58.8 Å². The molecule has 0 aliphatic heterocycles. The number of hydrogen-bond donors (Lipinski definition) is 2. The topological polar surface area (TPSA) is 50.4 Å². The molecule has 2 rings (SSSR count). The van der Waals surface area contributed by atoms with Crippen molar-refractivity contribution < 1.29 is 9.53 Å². The summed E-state index contributed by atoms with van der Waals surface area (Å²) in [4.78, 5) is 12.0. The van der Waals surface area contributed by atoms with Gasteiger partial charge in [0.05, 0.1) is 6.61 Å². The third-order valence-corrected chi connectivity index (χ3v) is 4.66. The lowest BCUT2D eigenvalue weighted by Crippen LogP contribution is -2.34. The lowest BCUT2D eigenvalue weighted by Gasteiger charge is -2.21. The number of carbonyl (C=O) groups excluding carboxylic acids is 1. The Balaban J connectivity index is 1.69. The molecule has 0 heterocycles. The lowest BCUT2D eigenvalue weighted by atomic mass is 9.86. The van der Waals surface area contributed by atoms with Gasteiger partial charge in [0.1, 0.15) is 5.75 Å². The molecule has 138 valence electrons. The summed E-state index contributed by atoms with van der Waals surface area (Å²) in [5.41, 5.74) is 0.842. The Hall–Kier alpha value is -1.62. The molecule has 0 bridgehead atoms. The molecule has 0 atom stereocenters. The Morgan fingerprint density at radius 1 is 1.20 bits per heavy atom. The van der Waals surface area contributed by atoms with E-state index in [1.54, 1.807) is 0 Å². The quantitative estimate of drug-likeness (QED) is 0.678. The molecule has 4 nitrogen and oxygen atoms in total. The fourth-order valence-corrected chi connectivity index (χ4v) is 3.29. The first kappa shape index (κ1) is 19.7. The minimum Gasteiger partial charge on any atom is -0.493 e. The van der Waals surface area contributed by atoms with E-state index >= 15 is 0 Å². The van der Waals surface area contributed by atoms with Gasteiger partial charge in [-0.25, -0.2) is 0 Å². The van der Waals surface area contributed by atoms with Crippen molar-refractivity contribution in [3.8, 4) is 5.75 Å². The van der Waals surface area contributed by atoms with E-state index < -0.39 is 0 Å². The lowest BCUT2D eigenvalue weighted by molar-refractivity contribution is -0.120. The van der Waals surface area contributed by atoms with Crippen molar-refractivity contribution in [3.05, 3.63) is 24.3 Å². The van der Waals surface area contributed by atoms with Crippen LogP contribution in [0.4, 0.5) is 5.69 Å². The smallest absolute Gasteiger partial charge is 0.226 e. The minimum absolute atomic E-state index is 0.0000367. The predicted molar refractivity (Wildman–Crippen MR) is 107 cm³/mol. The summed E-state index contributed by atoms with van der Waals surface area (Å²) < 4.78 is 5.65. The third-order valence-electron chi connectivity index (χ3n) is 4.45. The van der Waals surface area contributed by atoms with Gasteiger partial charge < -0.3 is 15.4 Å². The average molecular weight is 363 g/mol. The maximum Gasteiger partial charge on any atom is 0.226 e. The Bertz CT molecular complexity index is 551. The largest absolute Gasteiger partial charge is 0.493 e. The fourth-order valence-electron chi connectivity index (χ4n) is 3.06. The third kappa shape index (κ3) is 7.86. The van der Waals surface area contributed by atoms with Crippen LogP contribution in [0.15, 0.2) is 24.3 Å². The minimum atomic E-state index is -0.0000367. The van der Waals surface area contributed by atoms with Crippen LogP contribution in [0, 0.1) is 11.8 Å². The second-order valence-electron chi connectivity index (χ2n) is 7.27. The van der Waals surface area contributed by atoms with Gasteiger partial charge in [-0.05, 0) is 54.7 Å². The van der Waals surface area contributed by atoms with E-state index in [9.17, 15) is 4.79 Å². The molecule has 0 spiro atoms. The summed E-state index contributed by atoms with van der Waals surface area (Å²) in [5, 5.41) is 6.17. The van der Waals surface area contributed by atoms with Crippen LogP contribution in [0.25, 0.3) is 0 Å². The van der Waals surface area contributed by atoms with Crippen molar-refractivity contribution in [1.29, 1.82) is 0 Å². The van der Waals surface area contributed by atoms with Crippen molar-refractivity contribution >= 4 is 28.9 Å². The zero-order valence-corrected chi connectivity index (χ0v) is 16.2. The van der Waals surface area contributed by atoms with E-state index in [2.05, 4.69) is 24.5 Å². The highest BCUT2D eigenvalue weighted by Crippen LogP contribution is 2.27. The molecule has 5 heteroatoms. The maximum atomic E-state index is 12.0. The van der Waals surface area contributed by atoms with Gasteiger partial charge in [0.25, 0.3) is 0 Å². The standard InChI is InChI=1S/C20H30N2O2S/c1-15(2)14-24-18-11-9-17(10-12-18)21-20(25)22-19(23)13-8-16-6-4-3-5-7-16/h9-12,15-16H,3-8,13-14H2,1-2H3,(H2,21,22,23,25). The second kappa shape index (κ2) is 10.4. The van der Waals surface area contributed by atoms with Gasteiger partial charge in [-0.3, -0.25) is 4.79 Å². The maximum absolute atomic E-state index is 12.0. The van der Waals surface area contributed by atoms with Crippen LogP contribution in [0.3, 0.4) is 0 Å². The zero-order chi connectivity index (χ0) is 18.1. The van der Waals surface area contributed by atoms with E-state index in [0.29, 0.717) is 30.0 Å². The van der Waals surface area contributed by atoms with Crippen molar-refractivity contribution in [2.75, 3.05) is 11.9 Å². The van der Waals surface area contributed by atoms with Crippen LogP contribution >= 0.6 is 12.2 Å². The molecule has 2 N–H and O–H groups in total. The zero-order valence-electron chi connectivity index (χ0n) is 15.3. The number of hydrogen-bond acceptors (Lipinski definition) is 3. The summed E-state index contributed by atoms with van der Waals surface area (Å²) in [6.07, 6.45) is 8.01. The second-order valence-corrected chi connectivity index (χ2v) is 7.68. The van der Waals surface area contributed by atoms with Gasteiger partial charge in [-0.15, -0.1) is 0 Å².